The second-order valence-electron chi connectivity index (χ2n) is 6.17. The number of carboxylic acids is 1. The Labute approximate surface area is 124 Å². The van der Waals surface area contributed by atoms with Crippen LogP contribution in [0.4, 0.5) is 0 Å². The molecule has 0 saturated heterocycles. The van der Waals surface area contributed by atoms with Crippen LogP contribution in [0.2, 0.25) is 0 Å². The normalized spacial score (nSPS) is 22.0. The monoisotopic (exact) mass is 286 g/mol. The zero-order chi connectivity index (χ0) is 15.0. The molecule has 1 heterocycles. The van der Waals surface area contributed by atoms with Crippen molar-refractivity contribution in [2.24, 2.45) is 11.8 Å². The quantitative estimate of drug-likeness (QED) is 0.931. The molecular formula is C17H22N2O2. The van der Waals surface area contributed by atoms with E-state index in [1.807, 2.05) is 6.07 Å². The number of imidazole rings is 1. The summed E-state index contributed by atoms with van der Waals surface area (Å²) >= 11 is 0. The van der Waals surface area contributed by atoms with Gasteiger partial charge in [0.2, 0.25) is 0 Å². The van der Waals surface area contributed by atoms with E-state index in [1.165, 1.54) is 19.3 Å². The SMILES string of the molecule is CCc1nc2cc(C(=O)O)ccc2n1CC1CCCC1C. The predicted molar refractivity (Wildman–Crippen MR) is 82.6 cm³/mol. The Morgan fingerprint density at radius 3 is 2.86 bits per heavy atom. The summed E-state index contributed by atoms with van der Waals surface area (Å²) in [6.45, 7) is 5.45. The molecule has 112 valence electrons. The van der Waals surface area contributed by atoms with Crippen LogP contribution < -0.4 is 0 Å². The van der Waals surface area contributed by atoms with E-state index >= 15 is 0 Å². The second-order valence-corrected chi connectivity index (χ2v) is 6.17. The molecule has 1 aromatic heterocycles. The molecule has 0 radical (unpaired) electrons. The third-order valence-corrected chi connectivity index (χ3v) is 4.85. The Bertz CT molecular complexity index is 675. The number of hydrogen-bond acceptors (Lipinski definition) is 2. The zero-order valence-electron chi connectivity index (χ0n) is 12.7. The lowest BCUT2D eigenvalue weighted by Gasteiger charge is -2.18. The van der Waals surface area contributed by atoms with E-state index in [2.05, 4.69) is 23.4 Å². The van der Waals surface area contributed by atoms with E-state index in [1.54, 1.807) is 12.1 Å². The molecule has 21 heavy (non-hydrogen) atoms. The van der Waals surface area contributed by atoms with E-state index in [0.29, 0.717) is 11.5 Å². The summed E-state index contributed by atoms with van der Waals surface area (Å²) in [5, 5.41) is 9.11. The van der Waals surface area contributed by atoms with E-state index < -0.39 is 5.97 Å². The number of nitrogens with zero attached hydrogens (tertiary/aromatic N) is 2. The van der Waals surface area contributed by atoms with Crippen LogP contribution in [0.25, 0.3) is 11.0 Å². The van der Waals surface area contributed by atoms with Gasteiger partial charge in [-0.25, -0.2) is 9.78 Å². The summed E-state index contributed by atoms with van der Waals surface area (Å²) in [4.78, 5) is 15.7. The molecule has 3 rings (SSSR count). The lowest BCUT2D eigenvalue weighted by molar-refractivity contribution is 0.0697. The minimum Gasteiger partial charge on any atom is -0.478 e. The number of rotatable bonds is 4. The van der Waals surface area contributed by atoms with E-state index in [0.717, 1.165) is 35.7 Å². The molecule has 0 aliphatic heterocycles. The molecule has 0 spiro atoms. The summed E-state index contributed by atoms with van der Waals surface area (Å²) in [5.41, 5.74) is 2.18. The fourth-order valence-corrected chi connectivity index (χ4v) is 3.51. The molecule has 4 nitrogen and oxygen atoms in total. The van der Waals surface area contributed by atoms with Gasteiger partial charge < -0.3 is 9.67 Å². The maximum absolute atomic E-state index is 11.1. The molecule has 1 aromatic carbocycles. The van der Waals surface area contributed by atoms with Crippen LogP contribution in [0.1, 0.15) is 49.3 Å². The lowest BCUT2D eigenvalue weighted by atomic mass is 9.98. The van der Waals surface area contributed by atoms with E-state index in [-0.39, 0.29) is 0 Å². The van der Waals surface area contributed by atoms with Crippen molar-refractivity contribution in [2.45, 2.75) is 46.1 Å². The number of fused-ring (bicyclic) bond motifs is 1. The fourth-order valence-electron chi connectivity index (χ4n) is 3.51. The van der Waals surface area contributed by atoms with Gasteiger partial charge in [0.05, 0.1) is 16.6 Å². The molecular weight excluding hydrogens is 264 g/mol. The summed E-state index contributed by atoms with van der Waals surface area (Å²) in [5.74, 6) is 1.65. The first-order valence-corrected chi connectivity index (χ1v) is 7.82. The van der Waals surface area contributed by atoms with Gasteiger partial charge in [0.25, 0.3) is 0 Å². The van der Waals surface area contributed by atoms with Gasteiger partial charge in [0.1, 0.15) is 5.82 Å². The van der Waals surface area contributed by atoms with Crippen molar-refractivity contribution in [3.05, 3.63) is 29.6 Å². The molecule has 4 heteroatoms. The minimum atomic E-state index is -0.895. The van der Waals surface area contributed by atoms with Gasteiger partial charge in [-0.15, -0.1) is 0 Å². The van der Waals surface area contributed by atoms with Crippen LogP contribution in [-0.2, 0) is 13.0 Å². The van der Waals surface area contributed by atoms with Crippen LogP contribution in [0.3, 0.4) is 0 Å². The molecule has 1 N–H and O–H groups in total. The number of carbonyl (C=O) groups is 1. The fraction of sp³-hybridized carbons (Fsp3) is 0.529. The number of benzene rings is 1. The van der Waals surface area contributed by atoms with Gasteiger partial charge in [-0.2, -0.15) is 0 Å². The number of aromatic carboxylic acids is 1. The standard InChI is InChI=1S/C17H22N2O2/c1-3-16-18-14-9-12(17(20)21)7-8-15(14)19(16)10-13-6-4-5-11(13)2/h7-9,11,13H,3-6,10H2,1-2H3,(H,20,21). The van der Waals surface area contributed by atoms with Crippen molar-refractivity contribution in [2.75, 3.05) is 0 Å². The minimum absolute atomic E-state index is 0.309. The van der Waals surface area contributed by atoms with Crippen LogP contribution >= 0.6 is 0 Å². The van der Waals surface area contributed by atoms with Gasteiger partial charge in [-0.1, -0.05) is 26.7 Å². The van der Waals surface area contributed by atoms with Crippen molar-refractivity contribution >= 4 is 17.0 Å². The molecule has 1 saturated carbocycles. The predicted octanol–water partition coefficient (Wildman–Crippen LogP) is 3.73. The van der Waals surface area contributed by atoms with Gasteiger partial charge in [-0.3, -0.25) is 0 Å². The van der Waals surface area contributed by atoms with Gasteiger partial charge in [-0.05, 0) is 36.5 Å². The molecule has 2 atom stereocenters. The first-order valence-electron chi connectivity index (χ1n) is 7.82. The number of aromatic nitrogens is 2. The highest BCUT2D eigenvalue weighted by Gasteiger charge is 2.25. The van der Waals surface area contributed by atoms with Gasteiger partial charge in [0, 0.05) is 13.0 Å². The third-order valence-electron chi connectivity index (χ3n) is 4.85. The molecule has 2 unspecified atom stereocenters. The Morgan fingerprint density at radius 2 is 2.24 bits per heavy atom. The van der Waals surface area contributed by atoms with Crippen molar-refractivity contribution in [1.29, 1.82) is 0 Å². The van der Waals surface area contributed by atoms with Crippen LogP contribution in [-0.4, -0.2) is 20.6 Å². The average molecular weight is 286 g/mol. The third kappa shape index (κ3) is 2.55. The summed E-state index contributed by atoms with van der Waals surface area (Å²) in [6.07, 6.45) is 4.81. The topological polar surface area (TPSA) is 55.1 Å². The maximum atomic E-state index is 11.1. The van der Waals surface area contributed by atoms with E-state index in [4.69, 9.17) is 5.11 Å². The highest BCUT2D eigenvalue weighted by molar-refractivity contribution is 5.92. The summed E-state index contributed by atoms with van der Waals surface area (Å²) in [6, 6.07) is 5.27. The van der Waals surface area contributed by atoms with Gasteiger partial charge >= 0.3 is 5.97 Å². The van der Waals surface area contributed by atoms with Crippen molar-refractivity contribution < 1.29 is 9.90 Å². The lowest BCUT2D eigenvalue weighted by Crippen LogP contribution is -2.15. The Morgan fingerprint density at radius 1 is 1.43 bits per heavy atom. The van der Waals surface area contributed by atoms with Crippen LogP contribution in [0.5, 0.6) is 0 Å². The highest BCUT2D eigenvalue weighted by Crippen LogP contribution is 2.33. The molecule has 1 fully saturated rings. The Kier molecular flexibility index (Phi) is 3.70. The highest BCUT2D eigenvalue weighted by atomic mass is 16.4. The number of carboxylic acid groups (broad SMARTS) is 1. The molecule has 2 aromatic rings. The largest absolute Gasteiger partial charge is 0.478 e. The summed E-state index contributed by atoms with van der Waals surface area (Å²) in [7, 11) is 0. The first kappa shape index (κ1) is 14.1. The van der Waals surface area contributed by atoms with Crippen molar-refractivity contribution in [3.8, 4) is 0 Å². The van der Waals surface area contributed by atoms with E-state index in [9.17, 15) is 4.79 Å². The molecule has 1 aliphatic carbocycles. The second kappa shape index (κ2) is 5.51. The average Bonchev–Trinajstić information content (AvgIpc) is 3.03. The first-order chi connectivity index (χ1) is 10.1. The zero-order valence-corrected chi connectivity index (χ0v) is 12.7. The smallest absolute Gasteiger partial charge is 0.335 e. The molecule has 1 aliphatic rings. The van der Waals surface area contributed by atoms with Gasteiger partial charge in [0.15, 0.2) is 0 Å². The number of aryl methyl sites for hydroxylation is 1. The summed E-state index contributed by atoms with van der Waals surface area (Å²) < 4.78 is 2.30. The van der Waals surface area contributed by atoms with Crippen molar-refractivity contribution in [1.82, 2.24) is 9.55 Å². The number of hydrogen-bond donors (Lipinski definition) is 1. The molecule has 0 amide bonds. The molecule has 0 bridgehead atoms. The van der Waals surface area contributed by atoms with Crippen LogP contribution in [0.15, 0.2) is 18.2 Å². The Hall–Kier alpha value is -1.84. The Balaban J connectivity index is 2.01. The van der Waals surface area contributed by atoms with Crippen LogP contribution in [0, 0.1) is 11.8 Å². The maximum Gasteiger partial charge on any atom is 0.335 e. The van der Waals surface area contributed by atoms with Crippen molar-refractivity contribution in [3.63, 3.8) is 0 Å².